The molecule has 0 fully saturated rings. The lowest BCUT2D eigenvalue weighted by molar-refractivity contribution is 0.632. The molecule has 1 aromatic carbocycles. The van der Waals surface area contributed by atoms with Crippen molar-refractivity contribution in [1.29, 1.82) is 0 Å². The molecule has 2 heterocycles. The molecule has 0 aliphatic carbocycles. The van der Waals surface area contributed by atoms with Gasteiger partial charge in [-0.3, -0.25) is 4.98 Å². The van der Waals surface area contributed by atoms with Crippen LogP contribution in [0.2, 0.25) is 0 Å². The number of nitrogens with two attached hydrogens (primary N) is 1. The SMILES string of the molecule is Cc1ncsc1CNc1c(F)cc(N)c2cccnc12. The van der Waals surface area contributed by atoms with Crippen molar-refractivity contribution < 1.29 is 4.39 Å². The van der Waals surface area contributed by atoms with Crippen molar-refractivity contribution in [1.82, 2.24) is 9.97 Å². The Balaban J connectivity index is 2.01. The lowest BCUT2D eigenvalue weighted by atomic mass is 10.1. The number of benzene rings is 1. The van der Waals surface area contributed by atoms with Gasteiger partial charge in [-0.2, -0.15) is 0 Å². The van der Waals surface area contributed by atoms with Crippen molar-refractivity contribution in [3.05, 3.63) is 46.3 Å². The summed E-state index contributed by atoms with van der Waals surface area (Å²) in [7, 11) is 0. The molecule has 2 aromatic heterocycles. The van der Waals surface area contributed by atoms with Crippen LogP contribution in [0.3, 0.4) is 0 Å². The Morgan fingerprint density at radius 1 is 1.40 bits per heavy atom. The second-order valence-corrected chi connectivity index (χ2v) is 5.38. The van der Waals surface area contributed by atoms with E-state index in [-0.39, 0.29) is 0 Å². The number of nitrogen functional groups attached to an aromatic ring is 1. The minimum Gasteiger partial charge on any atom is -0.398 e. The van der Waals surface area contributed by atoms with Crippen LogP contribution in [0.1, 0.15) is 10.6 Å². The average Bonchev–Trinajstić information content (AvgIpc) is 2.84. The number of halogens is 1. The number of rotatable bonds is 3. The average molecular weight is 288 g/mol. The molecule has 0 radical (unpaired) electrons. The van der Waals surface area contributed by atoms with E-state index in [1.54, 1.807) is 29.1 Å². The molecule has 6 heteroatoms. The second kappa shape index (κ2) is 5.05. The first-order chi connectivity index (χ1) is 9.66. The summed E-state index contributed by atoms with van der Waals surface area (Å²) in [5.41, 5.74) is 9.88. The van der Waals surface area contributed by atoms with Crippen molar-refractivity contribution in [2.75, 3.05) is 11.1 Å². The zero-order valence-corrected chi connectivity index (χ0v) is 11.7. The minimum absolute atomic E-state index is 0.377. The number of thiazole rings is 1. The van der Waals surface area contributed by atoms with E-state index in [1.165, 1.54) is 6.07 Å². The zero-order valence-electron chi connectivity index (χ0n) is 10.9. The molecule has 0 bridgehead atoms. The van der Waals surface area contributed by atoms with Crippen molar-refractivity contribution in [3.63, 3.8) is 0 Å². The van der Waals surface area contributed by atoms with Gasteiger partial charge in [-0.25, -0.2) is 9.37 Å². The van der Waals surface area contributed by atoms with Crippen LogP contribution in [0.15, 0.2) is 29.9 Å². The van der Waals surface area contributed by atoms with Gasteiger partial charge in [-0.1, -0.05) is 0 Å². The molecule has 0 saturated carbocycles. The van der Waals surface area contributed by atoms with Gasteiger partial charge in [-0.05, 0) is 25.1 Å². The van der Waals surface area contributed by atoms with E-state index in [0.717, 1.165) is 16.0 Å². The largest absolute Gasteiger partial charge is 0.398 e. The lowest BCUT2D eigenvalue weighted by Crippen LogP contribution is -2.04. The van der Waals surface area contributed by atoms with Crippen molar-refractivity contribution in [2.24, 2.45) is 0 Å². The molecule has 3 N–H and O–H groups in total. The highest BCUT2D eigenvalue weighted by Crippen LogP contribution is 2.30. The molecule has 0 aliphatic rings. The highest BCUT2D eigenvalue weighted by molar-refractivity contribution is 7.09. The van der Waals surface area contributed by atoms with Crippen molar-refractivity contribution in [3.8, 4) is 0 Å². The van der Waals surface area contributed by atoms with E-state index >= 15 is 0 Å². The molecule has 102 valence electrons. The third kappa shape index (κ3) is 2.18. The summed E-state index contributed by atoms with van der Waals surface area (Å²) in [6, 6.07) is 4.94. The van der Waals surface area contributed by atoms with Crippen molar-refractivity contribution >= 4 is 33.6 Å². The fourth-order valence-corrected chi connectivity index (χ4v) is 2.79. The number of hydrogen-bond acceptors (Lipinski definition) is 5. The van der Waals surface area contributed by atoms with Gasteiger partial charge in [0.15, 0.2) is 5.82 Å². The summed E-state index contributed by atoms with van der Waals surface area (Å²) in [5.74, 6) is -0.393. The summed E-state index contributed by atoms with van der Waals surface area (Å²) in [6.45, 7) is 2.45. The molecule has 0 aliphatic heterocycles. The first-order valence-corrected chi connectivity index (χ1v) is 7.00. The van der Waals surface area contributed by atoms with Crippen LogP contribution >= 0.6 is 11.3 Å². The summed E-state index contributed by atoms with van der Waals surface area (Å²) in [4.78, 5) is 9.48. The molecule has 0 amide bonds. The van der Waals surface area contributed by atoms with Gasteiger partial charge in [0.05, 0.1) is 29.0 Å². The number of aromatic nitrogens is 2. The Hall–Kier alpha value is -2.21. The van der Waals surface area contributed by atoms with Crippen LogP contribution in [0.25, 0.3) is 10.9 Å². The first-order valence-electron chi connectivity index (χ1n) is 6.12. The Morgan fingerprint density at radius 3 is 3.00 bits per heavy atom. The van der Waals surface area contributed by atoms with Crippen LogP contribution in [0.5, 0.6) is 0 Å². The molecule has 0 spiro atoms. The number of fused-ring (bicyclic) bond motifs is 1. The Labute approximate surface area is 119 Å². The van der Waals surface area contributed by atoms with Gasteiger partial charge in [0.2, 0.25) is 0 Å². The molecule has 3 aromatic rings. The van der Waals surface area contributed by atoms with E-state index in [4.69, 9.17) is 5.73 Å². The number of hydrogen-bond donors (Lipinski definition) is 2. The zero-order chi connectivity index (χ0) is 14.1. The van der Waals surface area contributed by atoms with Gasteiger partial charge < -0.3 is 11.1 Å². The van der Waals surface area contributed by atoms with Gasteiger partial charge >= 0.3 is 0 Å². The Morgan fingerprint density at radius 2 is 2.25 bits per heavy atom. The molecule has 3 rings (SSSR count). The van der Waals surface area contributed by atoms with Gasteiger partial charge in [0.1, 0.15) is 0 Å². The maximum atomic E-state index is 14.1. The number of nitrogens with one attached hydrogen (secondary N) is 1. The minimum atomic E-state index is -0.393. The fourth-order valence-electron chi connectivity index (χ4n) is 2.07. The van der Waals surface area contributed by atoms with E-state index in [0.29, 0.717) is 23.4 Å². The maximum Gasteiger partial charge on any atom is 0.150 e. The number of nitrogens with zero attached hydrogens (tertiary/aromatic N) is 2. The summed E-state index contributed by atoms with van der Waals surface area (Å²) >= 11 is 1.54. The van der Waals surface area contributed by atoms with Crippen molar-refractivity contribution in [2.45, 2.75) is 13.5 Å². The predicted octanol–water partition coefficient (Wildman–Crippen LogP) is 3.33. The fraction of sp³-hybridized carbons (Fsp3) is 0.143. The van der Waals surface area contributed by atoms with Gasteiger partial charge in [0.25, 0.3) is 0 Å². The van der Waals surface area contributed by atoms with Gasteiger partial charge in [0, 0.05) is 22.1 Å². The van der Waals surface area contributed by atoms with Crippen LogP contribution in [0.4, 0.5) is 15.8 Å². The second-order valence-electron chi connectivity index (χ2n) is 4.44. The van der Waals surface area contributed by atoms with E-state index in [1.807, 2.05) is 13.0 Å². The number of pyridine rings is 1. The molecule has 20 heavy (non-hydrogen) atoms. The summed E-state index contributed by atoms with van der Waals surface area (Å²) < 4.78 is 14.1. The summed E-state index contributed by atoms with van der Waals surface area (Å²) in [5, 5.41) is 3.85. The molecular weight excluding hydrogens is 275 g/mol. The van der Waals surface area contributed by atoms with E-state index < -0.39 is 5.82 Å². The van der Waals surface area contributed by atoms with Gasteiger partial charge in [-0.15, -0.1) is 11.3 Å². The molecule has 0 unspecified atom stereocenters. The van der Waals surface area contributed by atoms with Crippen LogP contribution < -0.4 is 11.1 Å². The summed E-state index contributed by atoms with van der Waals surface area (Å²) in [6.07, 6.45) is 1.63. The highest BCUT2D eigenvalue weighted by atomic mass is 32.1. The highest BCUT2D eigenvalue weighted by Gasteiger charge is 2.12. The molecule has 0 atom stereocenters. The third-order valence-corrected chi connectivity index (χ3v) is 4.08. The van der Waals surface area contributed by atoms with Crippen LogP contribution in [-0.4, -0.2) is 9.97 Å². The monoisotopic (exact) mass is 288 g/mol. The molecule has 4 nitrogen and oxygen atoms in total. The van der Waals surface area contributed by atoms with Crippen LogP contribution in [-0.2, 0) is 6.54 Å². The van der Waals surface area contributed by atoms with E-state index in [2.05, 4.69) is 15.3 Å². The molecular formula is C14H13FN4S. The number of aryl methyl sites for hydroxylation is 1. The number of anilines is 2. The van der Waals surface area contributed by atoms with Crippen LogP contribution in [0, 0.1) is 12.7 Å². The third-order valence-electron chi connectivity index (χ3n) is 3.15. The van der Waals surface area contributed by atoms with E-state index in [9.17, 15) is 4.39 Å². The Bertz CT molecular complexity index is 769. The Kier molecular flexibility index (Phi) is 3.23. The maximum absolute atomic E-state index is 14.1. The topological polar surface area (TPSA) is 63.8 Å². The smallest absolute Gasteiger partial charge is 0.150 e. The normalized spacial score (nSPS) is 10.9. The first kappa shape index (κ1) is 12.8. The lowest BCUT2D eigenvalue weighted by Gasteiger charge is -2.11. The quantitative estimate of drug-likeness (QED) is 0.726. The standard InChI is InChI=1S/C14H13FN4S/c1-8-12(20-7-19-8)6-18-14-10(15)5-11(16)9-3-2-4-17-13(9)14/h2-5,7,18H,6,16H2,1H3. The predicted molar refractivity (Wildman–Crippen MR) is 80.3 cm³/mol. The molecule has 0 saturated heterocycles.